The highest BCUT2D eigenvalue weighted by Crippen LogP contribution is 2.37. The van der Waals surface area contributed by atoms with Crippen molar-refractivity contribution >= 4 is 11.6 Å². The SMILES string of the molecule is Cc1cc(N2OC(C(F)(F)F)=NC2c2cccc(F)c2)cc(C)n1. The molecule has 1 aliphatic rings. The largest absolute Gasteiger partial charge is 0.471 e. The summed E-state index contributed by atoms with van der Waals surface area (Å²) in [6, 6.07) is 8.40. The van der Waals surface area contributed by atoms with E-state index in [2.05, 4.69) is 9.98 Å². The Bertz CT molecular complexity index is 784. The molecule has 1 unspecified atom stereocenters. The highest BCUT2D eigenvalue weighted by atomic mass is 19.4. The van der Waals surface area contributed by atoms with Gasteiger partial charge in [-0.25, -0.2) is 9.38 Å². The van der Waals surface area contributed by atoms with Crippen LogP contribution in [0.4, 0.5) is 23.2 Å². The fourth-order valence-electron chi connectivity index (χ4n) is 2.47. The molecule has 1 aromatic carbocycles. The first-order valence-electron chi connectivity index (χ1n) is 7.07. The minimum atomic E-state index is -4.74. The van der Waals surface area contributed by atoms with Gasteiger partial charge in [-0.3, -0.25) is 4.98 Å². The molecule has 0 aliphatic carbocycles. The predicted molar refractivity (Wildman–Crippen MR) is 79.9 cm³/mol. The molecule has 1 aliphatic heterocycles. The Morgan fingerprint density at radius 1 is 1.08 bits per heavy atom. The van der Waals surface area contributed by atoms with Gasteiger partial charge in [0.25, 0.3) is 0 Å². The number of hydrogen-bond donors (Lipinski definition) is 0. The molecule has 4 nitrogen and oxygen atoms in total. The lowest BCUT2D eigenvalue weighted by molar-refractivity contribution is -0.0766. The molecule has 8 heteroatoms. The van der Waals surface area contributed by atoms with Crippen LogP contribution in [-0.2, 0) is 4.84 Å². The molecule has 0 fully saturated rings. The Balaban J connectivity index is 2.07. The second-order valence-corrected chi connectivity index (χ2v) is 5.39. The van der Waals surface area contributed by atoms with Gasteiger partial charge < -0.3 is 4.84 Å². The van der Waals surface area contributed by atoms with Crippen molar-refractivity contribution in [2.24, 2.45) is 4.99 Å². The Hall–Kier alpha value is -2.64. The summed E-state index contributed by atoms with van der Waals surface area (Å²) in [5, 5.41) is 1.01. The maximum atomic E-state index is 13.5. The summed E-state index contributed by atoms with van der Waals surface area (Å²) in [4.78, 5) is 12.7. The predicted octanol–water partition coefficient (Wildman–Crippen LogP) is 4.25. The Labute approximate surface area is 135 Å². The van der Waals surface area contributed by atoms with Crippen LogP contribution < -0.4 is 5.06 Å². The number of rotatable bonds is 2. The van der Waals surface area contributed by atoms with E-state index in [4.69, 9.17) is 4.84 Å². The van der Waals surface area contributed by atoms with Crippen molar-refractivity contribution in [2.75, 3.05) is 5.06 Å². The smallest absolute Gasteiger partial charge is 0.352 e. The molecule has 1 aromatic heterocycles. The Kier molecular flexibility index (Phi) is 3.90. The number of hydrogen-bond acceptors (Lipinski definition) is 4. The van der Waals surface area contributed by atoms with Crippen LogP contribution in [-0.4, -0.2) is 17.1 Å². The van der Waals surface area contributed by atoms with E-state index in [-0.39, 0.29) is 5.56 Å². The van der Waals surface area contributed by atoms with Gasteiger partial charge in [-0.05, 0) is 38.1 Å². The number of hydroxylamine groups is 1. The average Bonchev–Trinajstić information content (AvgIpc) is 2.91. The number of aryl methyl sites for hydroxylation is 2. The maximum Gasteiger partial charge on any atom is 0.471 e. The molecule has 0 spiro atoms. The van der Waals surface area contributed by atoms with Gasteiger partial charge in [0.15, 0.2) is 6.17 Å². The Morgan fingerprint density at radius 2 is 1.75 bits per heavy atom. The molecule has 2 aromatic rings. The Morgan fingerprint density at radius 3 is 2.33 bits per heavy atom. The number of pyridine rings is 1. The van der Waals surface area contributed by atoms with Gasteiger partial charge in [-0.1, -0.05) is 12.1 Å². The quantitative estimate of drug-likeness (QED) is 0.768. The van der Waals surface area contributed by atoms with Crippen molar-refractivity contribution in [3.63, 3.8) is 0 Å². The second-order valence-electron chi connectivity index (χ2n) is 5.39. The first-order chi connectivity index (χ1) is 11.2. The topological polar surface area (TPSA) is 37.7 Å². The van der Waals surface area contributed by atoms with Crippen molar-refractivity contribution in [3.8, 4) is 0 Å². The monoisotopic (exact) mass is 339 g/mol. The molecule has 0 saturated carbocycles. The highest BCUT2D eigenvalue weighted by molar-refractivity contribution is 5.85. The highest BCUT2D eigenvalue weighted by Gasteiger charge is 2.46. The number of benzene rings is 1. The first kappa shape index (κ1) is 16.2. The minimum Gasteiger partial charge on any atom is -0.352 e. The van der Waals surface area contributed by atoms with Crippen molar-refractivity contribution in [2.45, 2.75) is 26.2 Å². The van der Waals surface area contributed by atoms with E-state index in [0.29, 0.717) is 17.1 Å². The first-order valence-corrected chi connectivity index (χ1v) is 7.07. The molecule has 2 heterocycles. The van der Waals surface area contributed by atoms with Crippen LogP contribution in [0, 0.1) is 19.7 Å². The van der Waals surface area contributed by atoms with Crippen LogP contribution in [0.3, 0.4) is 0 Å². The minimum absolute atomic E-state index is 0.251. The number of nitrogens with zero attached hydrogens (tertiary/aromatic N) is 3. The fourth-order valence-corrected chi connectivity index (χ4v) is 2.47. The summed E-state index contributed by atoms with van der Waals surface area (Å²) in [5.74, 6) is -1.94. The number of halogens is 4. The van der Waals surface area contributed by atoms with Crippen LogP contribution in [0.15, 0.2) is 41.4 Å². The lowest BCUT2D eigenvalue weighted by Crippen LogP contribution is -2.29. The van der Waals surface area contributed by atoms with Crippen molar-refractivity contribution in [1.29, 1.82) is 0 Å². The molecule has 24 heavy (non-hydrogen) atoms. The van der Waals surface area contributed by atoms with E-state index in [1.54, 1.807) is 26.0 Å². The van der Waals surface area contributed by atoms with E-state index in [0.717, 1.165) is 11.1 Å². The van der Waals surface area contributed by atoms with Gasteiger partial charge in [0.05, 0.1) is 5.69 Å². The van der Waals surface area contributed by atoms with Gasteiger partial charge in [-0.2, -0.15) is 18.2 Å². The normalized spacial score (nSPS) is 17.7. The van der Waals surface area contributed by atoms with Crippen molar-refractivity contribution in [3.05, 3.63) is 59.2 Å². The van der Waals surface area contributed by atoms with Gasteiger partial charge in [-0.15, -0.1) is 0 Å². The summed E-state index contributed by atoms with van der Waals surface area (Å²) in [7, 11) is 0. The summed E-state index contributed by atoms with van der Waals surface area (Å²) in [5.41, 5.74) is 1.85. The van der Waals surface area contributed by atoms with Gasteiger partial charge in [0.2, 0.25) is 0 Å². The average molecular weight is 339 g/mol. The van der Waals surface area contributed by atoms with E-state index in [1.165, 1.54) is 18.2 Å². The van der Waals surface area contributed by atoms with E-state index in [9.17, 15) is 17.6 Å². The standard InChI is InChI=1S/C16H13F4N3O/c1-9-6-13(7-10(2)21-9)23-14(11-4-3-5-12(17)8-11)22-15(24-23)16(18,19)20/h3-8,14H,1-2H3. The summed E-state index contributed by atoms with van der Waals surface area (Å²) < 4.78 is 52.5. The van der Waals surface area contributed by atoms with E-state index < -0.39 is 24.1 Å². The lowest BCUT2D eigenvalue weighted by Gasteiger charge is -2.24. The number of aromatic nitrogens is 1. The van der Waals surface area contributed by atoms with Gasteiger partial charge in [0.1, 0.15) is 5.82 Å². The molecule has 0 N–H and O–H groups in total. The van der Waals surface area contributed by atoms with Crippen LogP contribution in [0.5, 0.6) is 0 Å². The molecule has 0 amide bonds. The lowest BCUT2D eigenvalue weighted by atomic mass is 10.1. The zero-order valence-electron chi connectivity index (χ0n) is 12.8. The third-order valence-corrected chi connectivity index (χ3v) is 3.36. The number of alkyl halides is 3. The molecular formula is C16H13F4N3O. The summed E-state index contributed by atoms with van der Waals surface area (Å²) in [6.45, 7) is 3.44. The second kappa shape index (κ2) is 5.77. The summed E-state index contributed by atoms with van der Waals surface area (Å²) >= 11 is 0. The zero-order valence-corrected chi connectivity index (χ0v) is 12.8. The molecule has 126 valence electrons. The van der Waals surface area contributed by atoms with Crippen molar-refractivity contribution in [1.82, 2.24) is 4.98 Å². The number of aliphatic imine (C=N–C) groups is 1. The van der Waals surface area contributed by atoms with E-state index >= 15 is 0 Å². The third kappa shape index (κ3) is 3.17. The maximum absolute atomic E-state index is 13.5. The van der Waals surface area contributed by atoms with Crippen LogP contribution in [0.25, 0.3) is 0 Å². The molecular weight excluding hydrogens is 326 g/mol. The van der Waals surface area contributed by atoms with Crippen molar-refractivity contribution < 1.29 is 22.4 Å². The molecule has 3 rings (SSSR count). The summed E-state index contributed by atoms with van der Waals surface area (Å²) in [6.07, 6.45) is -5.88. The van der Waals surface area contributed by atoms with Crippen LogP contribution >= 0.6 is 0 Å². The fraction of sp³-hybridized carbons (Fsp3) is 0.250. The van der Waals surface area contributed by atoms with Gasteiger partial charge >= 0.3 is 12.1 Å². The van der Waals surface area contributed by atoms with E-state index in [1.807, 2.05) is 0 Å². The molecule has 1 atom stereocenters. The van der Waals surface area contributed by atoms with Crippen LogP contribution in [0.2, 0.25) is 0 Å². The number of anilines is 1. The third-order valence-electron chi connectivity index (χ3n) is 3.36. The van der Waals surface area contributed by atoms with Crippen LogP contribution in [0.1, 0.15) is 23.1 Å². The molecule has 0 radical (unpaired) electrons. The molecule has 0 saturated heterocycles. The zero-order chi connectivity index (χ0) is 17.5. The van der Waals surface area contributed by atoms with Gasteiger partial charge in [0, 0.05) is 17.0 Å². The molecule has 0 bridgehead atoms.